The first-order valence-corrected chi connectivity index (χ1v) is 25.1. The number of amidine groups is 1. The smallest absolute Gasteiger partial charge is 0.420 e. The summed E-state index contributed by atoms with van der Waals surface area (Å²) in [6.07, 6.45) is 17.4. The number of unbranched alkanes of at least 4 members (excludes halogenated alkanes) is 4. The van der Waals surface area contributed by atoms with Gasteiger partial charge in [0.1, 0.15) is 5.84 Å². The Morgan fingerprint density at radius 3 is 2.27 bits per heavy atom. The van der Waals surface area contributed by atoms with E-state index in [4.69, 9.17) is 34.0 Å². The molecule has 2 amide bonds. The van der Waals surface area contributed by atoms with Gasteiger partial charge in [0.05, 0.1) is 66.8 Å². The van der Waals surface area contributed by atoms with Gasteiger partial charge in [0, 0.05) is 45.0 Å². The number of amides is 2. The van der Waals surface area contributed by atoms with Gasteiger partial charge in [-0.25, -0.2) is 28.9 Å². The summed E-state index contributed by atoms with van der Waals surface area (Å²) in [6, 6.07) is 11.6. The summed E-state index contributed by atoms with van der Waals surface area (Å²) in [7, 11) is 3.40. The Balaban J connectivity index is 1.47. The van der Waals surface area contributed by atoms with E-state index in [0.717, 1.165) is 94.7 Å². The lowest BCUT2D eigenvalue weighted by Crippen LogP contribution is -2.36. The van der Waals surface area contributed by atoms with Crippen LogP contribution in [0, 0.1) is 0 Å². The number of aliphatic hydroxyl groups excluding tert-OH is 1. The molecule has 0 bridgehead atoms. The second kappa shape index (κ2) is 28.3. The number of imidazole rings is 1. The van der Waals surface area contributed by atoms with Gasteiger partial charge in [-0.15, -0.1) is 0 Å². The Labute approximate surface area is 415 Å². The van der Waals surface area contributed by atoms with E-state index in [2.05, 4.69) is 34.2 Å². The fraction of sp³-hybridized carbons (Fsp3) is 0.500. The molecule has 0 radical (unpaired) electrons. The number of hydrogen-bond acceptors (Lipinski definition) is 13. The lowest BCUT2D eigenvalue weighted by atomic mass is 10.1. The van der Waals surface area contributed by atoms with E-state index in [1.807, 2.05) is 74.6 Å². The van der Waals surface area contributed by atoms with Crippen LogP contribution >= 0.6 is 0 Å². The van der Waals surface area contributed by atoms with Crippen molar-refractivity contribution < 1.29 is 38.4 Å². The van der Waals surface area contributed by atoms with Gasteiger partial charge in [0.25, 0.3) is 0 Å². The standard InChI is InChI=1S/C54H76N8O8/c1-9-59-30-20-32-60(33-21-31-59)45-27-29-49-47(38-45)57-51(62(49)54(66)69-12-4)43-26-28-48(46(37-43)55-7)61(53(65)68-11-3)39-42-22-16-17-23-44(36-42)56-50(58(8)52(64)67-10-2)40(5)24-25-41(6)70-35-19-15-13-14-18-34-63/h16,22-29,36-38,55,63H,9-15,17-21,30-35,39H2,1-8H3/b40-24+,41-25+,56-50?. The van der Waals surface area contributed by atoms with Crippen molar-refractivity contribution in [2.24, 2.45) is 4.99 Å². The average molecular weight is 965 g/mol. The van der Waals surface area contributed by atoms with Crippen molar-refractivity contribution in [2.45, 2.75) is 92.9 Å². The Bertz CT molecular complexity index is 2410. The quantitative estimate of drug-likeness (QED) is 0.0260. The van der Waals surface area contributed by atoms with Crippen LogP contribution in [0.4, 0.5) is 31.4 Å². The number of hydrogen-bond donors (Lipinski definition) is 2. The topological polar surface area (TPSA) is 164 Å². The van der Waals surface area contributed by atoms with E-state index in [1.165, 1.54) is 9.47 Å². The van der Waals surface area contributed by atoms with Crippen molar-refractivity contribution in [3.05, 3.63) is 95.5 Å². The minimum absolute atomic E-state index is 0.117. The molecule has 16 heteroatoms. The van der Waals surface area contributed by atoms with E-state index in [-0.39, 0.29) is 33.0 Å². The first-order valence-electron chi connectivity index (χ1n) is 25.1. The second-order valence-corrected chi connectivity index (χ2v) is 17.2. The van der Waals surface area contributed by atoms with Crippen LogP contribution in [0.25, 0.3) is 22.4 Å². The number of nitrogens with zero attached hydrogens (tertiary/aromatic N) is 7. The van der Waals surface area contributed by atoms with Crippen LogP contribution in [-0.2, 0) is 18.9 Å². The molecule has 2 aromatic carbocycles. The van der Waals surface area contributed by atoms with Crippen LogP contribution < -0.4 is 15.1 Å². The highest BCUT2D eigenvalue weighted by Crippen LogP contribution is 2.35. The van der Waals surface area contributed by atoms with E-state index in [0.29, 0.717) is 63.9 Å². The summed E-state index contributed by atoms with van der Waals surface area (Å²) in [5, 5.41) is 12.3. The SMILES string of the molecule is CCOC(=O)N(C)C(=NC1=CCC=CC(CN(C(=O)OCC)c2ccc(-c3nc4cc(N5CCCN(CC)CCC5)ccc4n3C(=O)OCC)cc2NC)=C1)/C(C)=C/C=C(\C)OCCCCCCCO. The van der Waals surface area contributed by atoms with Gasteiger partial charge in [-0.3, -0.25) is 9.80 Å². The second-order valence-electron chi connectivity index (χ2n) is 17.2. The number of aliphatic imine (C=N–C) groups is 1. The first kappa shape index (κ1) is 54.5. The monoisotopic (exact) mass is 965 g/mol. The highest BCUT2D eigenvalue weighted by molar-refractivity contribution is 6.06. The third-order valence-electron chi connectivity index (χ3n) is 12.1. The molecule has 1 fully saturated rings. The van der Waals surface area contributed by atoms with Crippen LogP contribution in [0.2, 0.25) is 0 Å². The minimum Gasteiger partial charge on any atom is -0.498 e. The number of rotatable bonds is 21. The van der Waals surface area contributed by atoms with Crippen LogP contribution in [0.1, 0.15) is 92.9 Å². The van der Waals surface area contributed by atoms with Crippen LogP contribution in [0.15, 0.2) is 100 Å². The van der Waals surface area contributed by atoms with Gasteiger partial charge < -0.3 is 39.2 Å². The van der Waals surface area contributed by atoms with Gasteiger partial charge in [-0.05, 0) is 146 Å². The Morgan fingerprint density at radius 1 is 0.857 bits per heavy atom. The number of allylic oxidation sites excluding steroid dienone is 6. The maximum Gasteiger partial charge on any atom is 0.420 e. The Morgan fingerprint density at radius 2 is 1.57 bits per heavy atom. The fourth-order valence-electron chi connectivity index (χ4n) is 8.42. The van der Waals surface area contributed by atoms with Crippen molar-refractivity contribution in [3.63, 3.8) is 0 Å². The molecule has 3 aromatic rings. The summed E-state index contributed by atoms with van der Waals surface area (Å²) in [4.78, 5) is 58.7. The molecule has 5 rings (SSSR count). The first-order chi connectivity index (χ1) is 34.0. The lowest BCUT2D eigenvalue weighted by molar-refractivity contribution is 0.133. The fourth-order valence-corrected chi connectivity index (χ4v) is 8.42. The molecule has 0 unspecified atom stereocenters. The zero-order chi connectivity index (χ0) is 50.4. The summed E-state index contributed by atoms with van der Waals surface area (Å²) >= 11 is 0. The number of benzene rings is 2. The predicted molar refractivity (Wildman–Crippen MR) is 281 cm³/mol. The molecule has 1 aliphatic heterocycles. The maximum absolute atomic E-state index is 13.9. The van der Waals surface area contributed by atoms with E-state index >= 15 is 0 Å². The van der Waals surface area contributed by atoms with Gasteiger partial charge >= 0.3 is 18.3 Å². The zero-order valence-corrected chi connectivity index (χ0v) is 42.8. The van der Waals surface area contributed by atoms with E-state index in [1.54, 1.807) is 39.8 Å². The molecular weight excluding hydrogens is 889 g/mol. The average Bonchev–Trinajstić information content (AvgIpc) is 3.59. The molecule has 16 nitrogen and oxygen atoms in total. The molecule has 2 heterocycles. The molecule has 2 aliphatic rings. The highest BCUT2D eigenvalue weighted by Gasteiger charge is 2.26. The number of carbonyl (C=O) groups is 3. The number of fused-ring (bicyclic) bond motifs is 1. The van der Waals surface area contributed by atoms with Crippen molar-refractivity contribution in [3.8, 4) is 11.4 Å². The molecule has 0 saturated carbocycles. The number of carbonyl (C=O) groups excluding carboxylic acids is 3. The summed E-state index contributed by atoms with van der Waals surface area (Å²) in [5.74, 6) is 1.53. The van der Waals surface area contributed by atoms with Gasteiger partial charge in [-0.2, -0.15) is 0 Å². The number of ether oxygens (including phenoxy) is 4. The summed E-state index contributed by atoms with van der Waals surface area (Å²) in [5.41, 5.74) is 6.22. The lowest BCUT2D eigenvalue weighted by Gasteiger charge is -2.31. The van der Waals surface area contributed by atoms with Crippen LogP contribution in [-0.4, -0.2) is 135 Å². The third-order valence-corrected chi connectivity index (χ3v) is 12.1. The van der Waals surface area contributed by atoms with Crippen LogP contribution in [0.3, 0.4) is 0 Å². The Kier molecular flexibility index (Phi) is 22.1. The van der Waals surface area contributed by atoms with Gasteiger partial charge in [-0.1, -0.05) is 50.5 Å². The van der Waals surface area contributed by atoms with E-state index in [9.17, 15) is 14.4 Å². The van der Waals surface area contributed by atoms with Crippen LogP contribution in [0.5, 0.6) is 0 Å². The highest BCUT2D eigenvalue weighted by atomic mass is 16.6. The van der Waals surface area contributed by atoms with Crippen molar-refractivity contribution in [1.29, 1.82) is 0 Å². The van der Waals surface area contributed by atoms with Gasteiger partial charge in [0.15, 0.2) is 5.82 Å². The number of anilines is 3. The largest absolute Gasteiger partial charge is 0.498 e. The van der Waals surface area contributed by atoms with Crippen molar-refractivity contribution in [2.75, 3.05) is 102 Å². The van der Waals surface area contributed by atoms with Gasteiger partial charge in [0.2, 0.25) is 0 Å². The summed E-state index contributed by atoms with van der Waals surface area (Å²) in [6.45, 7) is 17.8. The number of likely N-dealkylation sites (N-methyl/N-ethyl adjacent to an activating group) is 1. The normalized spacial score (nSPS) is 15.1. The molecule has 380 valence electrons. The third kappa shape index (κ3) is 15.3. The summed E-state index contributed by atoms with van der Waals surface area (Å²) < 4.78 is 24.1. The molecule has 2 N–H and O–H groups in total. The molecule has 0 atom stereocenters. The van der Waals surface area contributed by atoms with E-state index < -0.39 is 18.3 Å². The maximum atomic E-state index is 13.9. The molecule has 1 aromatic heterocycles. The number of aromatic nitrogens is 2. The molecule has 70 heavy (non-hydrogen) atoms. The molecular formula is C54H76N8O8. The van der Waals surface area contributed by atoms with Crippen molar-refractivity contribution >= 4 is 52.2 Å². The zero-order valence-electron chi connectivity index (χ0n) is 42.8. The van der Waals surface area contributed by atoms with Crippen molar-refractivity contribution in [1.82, 2.24) is 19.4 Å². The molecule has 0 spiro atoms. The molecule has 1 aliphatic carbocycles. The Hall–Kier alpha value is -6.39. The minimum atomic E-state index is -0.551. The molecule has 1 saturated heterocycles. The number of nitrogens with one attached hydrogen (secondary N) is 1. The number of aliphatic hydroxyl groups is 1. The predicted octanol–water partition coefficient (Wildman–Crippen LogP) is 10.7.